The summed E-state index contributed by atoms with van der Waals surface area (Å²) >= 11 is 4.00. The van der Waals surface area contributed by atoms with Crippen molar-refractivity contribution in [2.24, 2.45) is 0 Å². The molecular weight excluding hydrogens is 266 g/mol. The van der Waals surface area contributed by atoms with E-state index in [0.717, 1.165) is 0 Å². The molecule has 104 valence electrons. The normalized spacial score (nSPS) is 11.8. The van der Waals surface area contributed by atoms with E-state index in [2.05, 4.69) is 28.2 Å². The van der Waals surface area contributed by atoms with Crippen molar-refractivity contribution < 1.29 is 14.7 Å². The van der Waals surface area contributed by atoms with Crippen LogP contribution in [0.15, 0.2) is 24.4 Å². The molecule has 1 unspecified atom stereocenters. The maximum Gasteiger partial charge on any atom is 0.320 e. The highest BCUT2D eigenvalue weighted by atomic mass is 32.1. The summed E-state index contributed by atoms with van der Waals surface area (Å²) in [7, 11) is 0. The van der Waals surface area contributed by atoms with Gasteiger partial charge in [-0.1, -0.05) is 6.07 Å². The first-order valence-electron chi connectivity index (χ1n) is 5.91. The number of pyridine rings is 1. The van der Waals surface area contributed by atoms with Gasteiger partial charge in [-0.3, -0.25) is 14.6 Å². The highest BCUT2D eigenvalue weighted by molar-refractivity contribution is 7.80. The van der Waals surface area contributed by atoms with E-state index in [0.29, 0.717) is 31.0 Å². The highest BCUT2D eigenvalue weighted by Crippen LogP contribution is 1.94. The molecule has 0 fully saturated rings. The zero-order valence-electron chi connectivity index (χ0n) is 10.4. The molecule has 0 aliphatic heterocycles. The molecule has 19 heavy (non-hydrogen) atoms. The van der Waals surface area contributed by atoms with E-state index >= 15 is 0 Å². The maximum atomic E-state index is 11.6. The van der Waals surface area contributed by atoms with E-state index < -0.39 is 12.0 Å². The molecule has 3 N–H and O–H groups in total. The highest BCUT2D eigenvalue weighted by Gasteiger charge is 2.15. The molecule has 0 radical (unpaired) electrons. The van der Waals surface area contributed by atoms with E-state index in [1.165, 1.54) is 0 Å². The standard InChI is InChI=1S/C12H17N3O3S/c16-11(9-3-1-2-5-13-9)15-7-6-14-10(4-8-19)12(17)18/h1-3,5,10,14,19H,4,6-8H2,(H,15,16)(H,17,18). The molecule has 0 aromatic carbocycles. The quantitative estimate of drug-likeness (QED) is 0.403. The number of hydrogen-bond acceptors (Lipinski definition) is 5. The molecule has 0 aliphatic rings. The number of carbonyl (C=O) groups is 2. The molecule has 1 aromatic heterocycles. The SMILES string of the molecule is O=C(NCCNC(CCS)C(=O)O)c1ccccn1. The van der Waals surface area contributed by atoms with Gasteiger partial charge in [0.05, 0.1) is 0 Å². The van der Waals surface area contributed by atoms with Crippen molar-refractivity contribution in [2.45, 2.75) is 12.5 Å². The first-order chi connectivity index (χ1) is 9.15. The number of hydrogen-bond donors (Lipinski definition) is 4. The molecule has 1 amide bonds. The second-order valence-corrected chi connectivity index (χ2v) is 4.28. The van der Waals surface area contributed by atoms with Crippen LogP contribution in [0, 0.1) is 0 Å². The topological polar surface area (TPSA) is 91.3 Å². The van der Waals surface area contributed by atoms with Crippen LogP contribution in [0.4, 0.5) is 0 Å². The van der Waals surface area contributed by atoms with Crippen LogP contribution in [-0.2, 0) is 4.79 Å². The van der Waals surface area contributed by atoms with Crippen molar-refractivity contribution in [1.82, 2.24) is 15.6 Å². The Balaban J connectivity index is 2.27. The van der Waals surface area contributed by atoms with Crippen LogP contribution in [0.5, 0.6) is 0 Å². The van der Waals surface area contributed by atoms with Gasteiger partial charge in [-0.2, -0.15) is 12.6 Å². The van der Waals surface area contributed by atoms with Crippen LogP contribution in [0.1, 0.15) is 16.9 Å². The van der Waals surface area contributed by atoms with E-state index in [-0.39, 0.29) is 5.91 Å². The Kier molecular flexibility index (Phi) is 6.91. The third-order valence-corrected chi connectivity index (χ3v) is 2.67. The van der Waals surface area contributed by atoms with E-state index in [4.69, 9.17) is 5.11 Å². The summed E-state index contributed by atoms with van der Waals surface area (Å²) in [4.78, 5) is 26.4. The van der Waals surface area contributed by atoms with Gasteiger partial charge in [0.25, 0.3) is 5.91 Å². The molecular formula is C12H17N3O3S. The lowest BCUT2D eigenvalue weighted by Gasteiger charge is -2.13. The third kappa shape index (κ3) is 5.71. The summed E-state index contributed by atoms with van der Waals surface area (Å²) in [5, 5.41) is 14.4. The van der Waals surface area contributed by atoms with Gasteiger partial charge in [0.1, 0.15) is 11.7 Å². The number of carboxylic acids is 1. The van der Waals surface area contributed by atoms with Crippen molar-refractivity contribution in [2.75, 3.05) is 18.8 Å². The number of aromatic nitrogens is 1. The number of nitrogens with one attached hydrogen (secondary N) is 2. The number of amides is 1. The van der Waals surface area contributed by atoms with Crippen molar-refractivity contribution in [3.05, 3.63) is 30.1 Å². The van der Waals surface area contributed by atoms with Crippen molar-refractivity contribution >= 4 is 24.5 Å². The molecule has 1 atom stereocenters. The zero-order valence-corrected chi connectivity index (χ0v) is 11.3. The van der Waals surface area contributed by atoms with Gasteiger partial charge in [-0.25, -0.2) is 0 Å². The largest absolute Gasteiger partial charge is 0.480 e. The zero-order chi connectivity index (χ0) is 14.1. The molecule has 1 heterocycles. The average Bonchev–Trinajstić information content (AvgIpc) is 2.42. The number of thiol groups is 1. The first kappa shape index (κ1) is 15.5. The van der Waals surface area contributed by atoms with Gasteiger partial charge in [-0.15, -0.1) is 0 Å². The molecule has 0 spiro atoms. The van der Waals surface area contributed by atoms with Crippen LogP contribution in [0.2, 0.25) is 0 Å². The summed E-state index contributed by atoms with van der Waals surface area (Å²) < 4.78 is 0. The van der Waals surface area contributed by atoms with Gasteiger partial charge in [0, 0.05) is 19.3 Å². The molecule has 1 rings (SSSR count). The van der Waals surface area contributed by atoms with Crippen LogP contribution < -0.4 is 10.6 Å². The third-order valence-electron chi connectivity index (χ3n) is 2.41. The Hall–Kier alpha value is -1.60. The fourth-order valence-electron chi connectivity index (χ4n) is 1.45. The smallest absolute Gasteiger partial charge is 0.320 e. The molecule has 1 aromatic rings. The minimum absolute atomic E-state index is 0.275. The number of nitrogens with zero attached hydrogens (tertiary/aromatic N) is 1. The second-order valence-electron chi connectivity index (χ2n) is 3.83. The second kappa shape index (κ2) is 8.49. The van der Waals surface area contributed by atoms with Crippen LogP contribution in [-0.4, -0.2) is 46.9 Å². The van der Waals surface area contributed by atoms with Crippen molar-refractivity contribution in [3.63, 3.8) is 0 Å². The van der Waals surface area contributed by atoms with Crippen LogP contribution >= 0.6 is 12.6 Å². The van der Waals surface area contributed by atoms with Crippen molar-refractivity contribution in [3.8, 4) is 0 Å². The fourth-order valence-corrected chi connectivity index (χ4v) is 1.71. The van der Waals surface area contributed by atoms with Gasteiger partial charge in [0.2, 0.25) is 0 Å². The molecule has 0 saturated heterocycles. The first-order valence-corrected chi connectivity index (χ1v) is 6.54. The van der Waals surface area contributed by atoms with E-state index in [9.17, 15) is 9.59 Å². The lowest BCUT2D eigenvalue weighted by molar-refractivity contribution is -0.139. The van der Waals surface area contributed by atoms with E-state index in [1.54, 1.807) is 24.4 Å². The number of rotatable bonds is 8. The maximum absolute atomic E-state index is 11.6. The van der Waals surface area contributed by atoms with Gasteiger partial charge >= 0.3 is 5.97 Å². The van der Waals surface area contributed by atoms with Gasteiger partial charge < -0.3 is 15.7 Å². The number of carboxylic acid groups (broad SMARTS) is 1. The predicted octanol–water partition coefficient (Wildman–Crippen LogP) is 0.174. The average molecular weight is 283 g/mol. The lowest BCUT2D eigenvalue weighted by Crippen LogP contribution is -2.41. The number of carbonyl (C=O) groups excluding carboxylic acids is 1. The molecule has 0 saturated carbocycles. The predicted molar refractivity (Wildman–Crippen MR) is 74.5 cm³/mol. The summed E-state index contributed by atoms with van der Waals surface area (Å²) in [5.74, 6) is -0.696. The molecule has 6 nitrogen and oxygen atoms in total. The van der Waals surface area contributed by atoms with Crippen LogP contribution in [0.25, 0.3) is 0 Å². The summed E-state index contributed by atoms with van der Waals surface area (Å²) in [6.45, 7) is 0.717. The van der Waals surface area contributed by atoms with E-state index in [1.807, 2.05) is 0 Å². The molecule has 0 aliphatic carbocycles. The Morgan fingerprint density at radius 2 is 2.16 bits per heavy atom. The Bertz CT molecular complexity index is 414. The fraction of sp³-hybridized carbons (Fsp3) is 0.417. The molecule has 0 bridgehead atoms. The van der Waals surface area contributed by atoms with Gasteiger partial charge in [-0.05, 0) is 24.3 Å². The summed E-state index contributed by atoms with van der Waals surface area (Å²) in [6.07, 6.45) is 1.98. The van der Waals surface area contributed by atoms with Crippen LogP contribution in [0.3, 0.4) is 0 Å². The monoisotopic (exact) mass is 283 g/mol. The lowest BCUT2D eigenvalue weighted by atomic mass is 10.2. The summed E-state index contributed by atoms with van der Waals surface area (Å²) in [6, 6.07) is 4.44. The minimum Gasteiger partial charge on any atom is -0.480 e. The summed E-state index contributed by atoms with van der Waals surface area (Å²) in [5.41, 5.74) is 0.340. The minimum atomic E-state index is -0.912. The Morgan fingerprint density at radius 1 is 1.37 bits per heavy atom. The molecule has 7 heteroatoms. The van der Waals surface area contributed by atoms with Crippen molar-refractivity contribution in [1.29, 1.82) is 0 Å². The Labute approximate surface area is 117 Å². The Morgan fingerprint density at radius 3 is 2.74 bits per heavy atom. The van der Waals surface area contributed by atoms with Gasteiger partial charge in [0.15, 0.2) is 0 Å². The number of aliphatic carboxylic acids is 1.